The van der Waals surface area contributed by atoms with Gasteiger partial charge in [0.05, 0.1) is 30.7 Å². The summed E-state index contributed by atoms with van der Waals surface area (Å²) in [5.41, 5.74) is -0.557. The first-order valence-electron chi connectivity index (χ1n) is 15.4. The summed E-state index contributed by atoms with van der Waals surface area (Å²) in [6, 6.07) is 7.83. The maximum absolute atomic E-state index is 15.4. The predicted molar refractivity (Wildman–Crippen MR) is 166 cm³/mol. The Morgan fingerprint density at radius 1 is 1.13 bits per heavy atom. The van der Waals surface area contributed by atoms with E-state index in [9.17, 15) is 27.0 Å². The second-order valence-corrected chi connectivity index (χ2v) is 13.6. The van der Waals surface area contributed by atoms with Crippen molar-refractivity contribution in [2.24, 2.45) is 0 Å². The lowest BCUT2D eigenvalue weighted by molar-refractivity contribution is -0.122. The van der Waals surface area contributed by atoms with Gasteiger partial charge in [0.15, 0.2) is 0 Å². The highest BCUT2D eigenvalue weighted by Gasteiger charge is 2.52. The van der Waals surface area contributed by atoms with Crippen LogP contribution in [-0.2, 0) is 32.4 Å². The van der Waals surface area contributed by atoms with Gasteiger partial charge in [0.2, 0.25) is 11.8 Å². The van der Waals surface area contributed by atoms with Crippen molar-refractivity contribution < 1.29 is 36.1 Å². The molecule has 2 fully saturated rings. The zero-order valence-electron chi connectivity index (χ0n) is 25.6. The Bertz CT molecular complexity index is 1500. The highest BCUT2D eigenvalue weighted by atomic mass is 32.2. The molecule has 0 spiro atoms. The van der Waals surface area contributed by atoms with Crippen molar-refractivity contribution in [2.45, 2.75) is 80.8 Å². The molecule has 248 valence electrons. The van der Waals surface area contributed by atoms with Crippen LogP contribution in [0, 0.1) is 23.5 Å². The third-order valence-corrected chi connectivity index (χ3v) is 10.8. The van der Waals surface area contributed by atoms with Crippen molar-refractivity contribution in [1.29, 1.82) is 0 Å². The summed E-state index contributed by atoms with van der Waals surface area (Å²) in [6.45, 7) is 0.846. The van der Waals surface area contributed by atoms with E-state index < -0.39 is 64.8 Å². The SMILES string of the molecule is COC(=O)N[C@H](C(=O)Nc1cccc(F)c1CC[C@H]1CNC2C#CCN1S(=O)CCC2)C1(c2ccc(F)cc2)CCC(F)(F)CC1. The van der Waals surface area contributed by atoms with Crippen LogP contribution in [0.1, 0.15) is 56.1 Å². The first kappa shape index (κ1) is 33.9. The lowest BCUT2D eigenvalue weighted by Crippen LogP contribution is -2.59. The van der Waals surface area contributed by atoms with Crippen LogP contribution in [0.5, 0.6) is 0 Å². The number of alkyl halides is 2. The van der Waals surface area contributed by atoms with Gasteiger partial charge >= 0.3 is 6.09 Å². The molecule has 3 aliphatic heterocycles. The summed E-state index contributed by atoms with van der Waals surface area (Å²) < 4.78 is 77.9. The molecular formula is C33H38F4N4O4S. The molecule has 0 aromatic heterocycles. The van der Waals surface area contributed by atoms with Gasteiger partial charge in [-0.2, -0.15) is 0 Å². The van der Waals surface area contributed by atoms with E-state index in [-0.39, 0.29) is 42.6 Å². The first-order chi connectivity index (χ1) is 22.0. The third-order valence-electron chi connectivity index (χ3n) is 9.25. The monoisotopic (exact) mass is 662 g/mol. The van der Waals surface area contributed by atoms with Crippen molar-refractivity contribution in [1.82, 2.24) is 14.9 Å². The topological polar surface area (TPSA) is 99.8 Å². The van der Waals surface area contributed by atoms with E-state index in [1.165, 1.54) is 42.5 Å². The van der Waals surface area contributed by atoms with Crippen LogP contribution in [0.15, 0.2) is 42.5 Å². The zero-order valence-corrected chi connectivity index (χ0v) is 26.4. The highest BCUT2D eigenvalue weighted by molar-refractivity contribution is 7.82. The quantitative estimate of drug-likeness (QED) is 0.279. The number of hydrogen-bond acceptors (Lipinski definition) is 5. The van der Waals surface area contributed by atoms with E-state index in [2.05, 4.69) is 27.8 Å². The van der Waals surface area contributed by atoms with Gasteiger partial charge in [0.25, 0.3) is 0 Å². The molecule has 2 bridgehead atoms. The zero-order chi connectivity index (χ0) is 32.9. The number of carbonyl (C=O) groups is 2. The number of benzene rings is 2. The van der Waals surface area contributed by atoms with Crippen LogP contribution in [0.3, 0.4) is 0 Å². The van der Waals surface area contributed by atoms with Crippen LogP contribution in [0.2, 0.25) is 0 Å². The number of ether oxygens (including phenoxy) is 1. The van der Waals surface area contributed by atoms with Gasteiger partial charge in [-0.3, -0.25) is 4.79 Å². The van der Waals surface area contributed by atoms with E-state index in [4.69, 9.17) is 4.74 Å². The van der Waals surface area contributed by atoms with Gasteiger partial charge in [-0.1, -0.05) is 30.0 Å². The van der Waals surface area contributed by atoms with Gasteiger partial charge in [-0.15, -0.1) is 0 Å². The molecule has 2 amide bonds. The molecule has 6 rings (SSSR count). The smallest absolute Gasteiger partial charge is 0.407 e. The fourth-order valence-corrected chi connectivity index (χ4v) is 8.03. The first-order valence-corrected chi connectivity index (χ1v) is 16.7. The third kappa shape index (κ3) is 7.73. The summed E-state index contributed by atoms with van der Waals surface area (Å²) in [7, 11) is -0.131. The molecule has 8 nitrogen and oxygen atoms in total. The lowest BCUT2D eigenvalue weighted by atomic mass is 9.63. The molecule has 46 heavy (non-hydrogen) atoms. The van der Waals surface area contributed by atoms with Gasteiger partial charge in [0.1, 0.15) is 17.7 Å². The highest BCUT2D eigenvalue weighted by Crippen LogP contribution is 2.48. The van der Waals surface area contributed by atoms with Crippen molar-refractivity contribution in [3.63, 3.8) is 0 Å². The number of hydrogen-bond donors (Lipinski definition) is 3. The molecule has 2 aromatic rings. The molecule has 3 N–H and O–H groups in total. The number of halogens is 4. The van der Waals surface area contributed by atoms with Crippen LogP contribution in [0.25, 0.3) is 0 Å². The number of fused-ring (bicyclic) bond motifs is 6. The van der Waals surface area contributed by atoms with E-state index in [1.807, 2.05) is 4.31 Å². The Labute approximate surface area is 268 Å². The molecular weight excluding hydrogens is 624 g/mol. The van der Waals surface area contributed by atoms with Crippen LogP contribution in [-0.4, -0.2) is 70.5 Å². The number of anilines is 1. The number of rotatable bonds is 8. The van der Waals surface area contributed by atoms with Gasteiger partial charge < -0.3 is 20.7 Å². The lowest BCUT2D eigenvalue weighted by Gasteiger charge is -2.45. The van der Waals surface area contributed by atoms with Crippen LogP contribution >= 0.6 is 0 Å². The predicted octanol–water partition coefficient (Wildman–Crippen LogP) is 4.81. The Balaban J connectivity index is 1.43. The Kier molecular flexibility index (Phi) is 10.7. The molecule has 13 heteroatoms. The van der Waals surface area contributed by atoms with Crippen LogP contribution < -0.4 is 16.0 Å². The fourth-order valence-electron chi connectivity index (χ4n) is 6.66. The second-order valence-electron chi connectivity index (χ2n) is 12.1. The summed E-state index contributed by atoms with van der Waals surface area (Å²) in [6.07, 6.45) is -0.279. The average molecular weight is 663 g/mol. The molecule has 1 aliphatic carbocycles. The molecule has 1 saturated carbocycles. The standard InChI is InChI=1S/C33H38F4N4O4S/c1-45-31(43)40-29(32(15-17-33(36,37)18-16-32)22-9-11-23(34)12-10-22)30(42)39-28-8-2-7-27(35)26(28)14-13-25-21-38-24-5-3-19-41(25)46(44)20-4-6-24/h2,7-12,24-25,29,38H,4,6,13-21H2,1H3,(H,39,42)(H,40,43)/t24?,25-,29+,46?/m0/s1. The molecule has 5 atom stereocenters. The fraction of sp³-hybridized carbons (Fsp3) is 0.515. The number of amides is 2. The number of methoxy groups -OCH3 is 1. The molecule has 0 radical (unpaired) electrons. The Hall–Kier alpha value is -3.47. The number of alkyl carbamates (subject to hydrolysis) is 1. The van der Waals surface area contributed by atoms with E-state index in [0.29, 0.717) is 30.8 Å². The van der Waals surface area contributed by atoms with Crippen molar-refractivity contribution in [2.75, 3.05) is 31.3 Å². The number of carbonyl (C=O) groups excluding carboxylic acids is 2. The molecule has 1 saturated heterocycles. The van der Waals surface area contributed by atoms with Gasteiger partial charge in [-0.25, -0.2) is 30.9 Å². The van der Waals surface area contributed by atoms with Crippen molar-refractivity contribution >= 4 is 28.7 Å². The summed E-state index contributed by atoms with van der Waals surface area (Å²) in [5, 5.41) is 8.71. The maximum Gasteiger partial charge on any atom is 0.407 e. The maximum atomic E-state index is 15.4. The largest absolute Gasteiger partial charge is 0.453 e. The molecule has 3 heterocycles. The Morgan fingerprint density at radius 2 is 1.87 bits per heavy atom. The summed E-state index contributed by atoms with van der Waals surface area (Å²) in [5.74, 6) is 1.96. The van der Waals surface area contributed by atoms with Crippen molar-refractivity contribution in [3.8, 4) is 11.8 Å². The Morgan fingerprint density at radius 3 is 2.59 bits per heavy atom. The minimum Gasteiger partial charge on any atom is -0.453 e. The normalized spacial score (nSPS) is 25.8. The van der Waals surface area contributed by atoms with E-state index >= 15 is 4.39 Å². The average Bonchev–Trinajstić information content (AvgIpc) is 3.15. The number of nitrogens with one attached hydrogen (secondary N) is 3. The van der Waals surface area contributed by atoms with Crippen LogP contribution in [0.4, 0.5) is 28.0 Å². The number of nitrogens with zero attached hydrogens (tertiary/aromatic N) is 1. The van der Waals surface area contributed by atoms with E-state index in [0.717, 1.165) is 20.0 Å². The minimum absolute atomic E-state index is 0.00419. The minimum atomic E-state index is -2.97. The summed E-state index contributed by atoms with van der Waals surface area (Å²) in [4.78, 5) is 26.6. The second kappa shape index (κ2) is 14.5. The van der Waals surface area contributed by atoms with E-state index in [1.54, 1.807) is 0 Å². The molecule has 3 unspecified atom stereocenters. The van der Waals surface area contributed by atoms with Gasteiger partial charge in [0, 0.05) is 47.8 Å². The molecule has 4 aliphatic rings. The molecule has 2 aromatic carbocycles. The van der Waals surface area contributed by atoms with Crippen molar-refractivity contribution in [3.05, 3.63) is 65.2 Å². The summed E-state index contributed by atoms with van der Waals surface area (Å²) >= 11 is 0. The van der Waals surface area contributed by atoms with Gasteiger partial charge in [-0.05, 0) is 68.4 Å².